The number of nitrogens with one attached hydrogen (secondary N) is 1. The first kappa shape index (κ1) is 18.8. The predicted molar refractivity (Wildman–Crippen MR) is 96.0 cm³/mol. The highest BCUT2D eigenvalue weighted by Gasteiger charge is 2.25. The topological polar surface area (TPSA) is 67.9 Å². The predicted octanol–water partition coefficient (Wildman–Crippen LogP) is 2.39. The third-order valence-electron chi connectivity index (χ3n) is 4.18. The van der Waals surface area contributed by atoms with Crippen LogP contribution in [-0.2, 0) is 4.79 Å². The van der Waals surface area contributed by atoms with E-state index in [1.807, 2.05) is 18.7 Å². The molecule has 1 N–H and O–H groups in total. The van der Waals surface area contributed by atoms with E-state index in [4.69, 9.17) is 9.47 Å². The number of likely N-dealkylation sites (tertiary alicyclic amines) is 1. The number of allylic oxidation sites excluding steroid dienone is 1. The second kappa shape index (κ2) is 8.55. The lowest BCUT2D eigenvalue weighted by Crippen LogP contribution is -2.46. The minimum absolute atomic E-state index is 0.0324. The number of hydrogen-bond donors (Lipinski definition) is 1. The highest BCUT2D eigenvalue weighted by molar-refractivity contribution is 5.95. The van der Waals surface area contributed by atoms with Gasteiger partial charge < -0.3 is 19.7 Å². The van der Waals surface area contributed by atoms with Gasteiger partial charge in [-0.3, -0.25) is 9.59 Å². The molecule has 6 heteroatoms. The van der Waals surface area contributed by atoms with E-state index in [-0.39, 0.29) is 17.9 Å². The molecule has 0 aromatic heterocycles. The second-order valence-electron chi connectivity index (χ2n) is 6.37. The molecule has 2 amide bonds. The lowest BCUT2D eigenvalue weighted by Gasteiger charge is -2.32. The van der Waals surface area contributed by atoms with Gasteiger partial charge in [-0.2, -0.15) is 0 Å². The quantitative estimate of drug-likeness (QED) is 0.831. The number of ether oxygens (including phenoxy) is 2. The Labute approximate surface area is 148 Å². The molecule has 0 atom stereocenters. The Bertz CT molecular complexity index is 657. The van der Waals surface area contributed by atoms with Gasteiger partial charge in [0.2, 0.25) is 5.91 Å². The summed E-state index contributed by atoms with van der Waals surface area (Å²) in [5, 5.41) is 2.99. The molecule has 0 radical (unpaired) electrons. The summed E-state index contributed by atoms with van der Waals surface area (Å²) in [7, 11) is 3.11. The number of carbonyl (C=O) groups is 2. The number of nitrogens with zero attached hydrogens (tertiary/aromatic N) is 1. The maximum Gasteiger partial charge on any atom is 0.253 e. The zero-order valence-electron chi connectivity index (χ0n) is 15.3. The Morgan fingerprint density at radius 2 is 1.76 bits per heavy atom. The summed E-state index contributed by atoms with van der Waals surface area (Å²) in [6, 6.07) is 5.28. The Hall–Kier alpha value is -2.50. The monoisotopic (exact) mass is 346 g/mol. The Morgan fingerprint density at radius 3 is 2.32 bits per heavy atom. The largest absolute Gasteiger partial charge is 0.493 e. The molecule has 6 nitrogen and oxygen atoms in total. The molecule has 1 aromatic carbocycles. The number of amides is 2. The fraction of sp³-hybridized carbons (Fsp3) is 0.474. The number of benzene rings is 1. The van der Waals surface area contributed by atoms with Crippen LogP contribution in [0.5, 0.6) is 11.5 Å². The van der Waals surface area contributed by atoms with Gasteiger partial charge in [0.25, 0.3) is 5.91 Å². The van der Waals surface area contributed by atoms with Crippen LogP contribution in [0.2, 0.25) is 0 Å². The van der Waals surface area contributed by atoms with Crippen LogP contribution >= 0.6 is 0 Å². The van der Waals surface area contributed by atoms with Crippen molar-refractivity contribution in [3.05, 3.63) is 35.4 Å². The fourth-order valence-electron chi connectivity index (χ4n) is 2.88. The van der Waals surface area contributed by atoms with E-state index in [0.29, 0.717) is 30.2 Å². The minimum Gasteiger partial charge on any atom is -0.493 e. The number of carbonyl (C=O) groups excluding carboxylic acids is 2. The van der Waals surface area contributed by atoms with Gasteiger partial charge in [-0.25, -0.2) is 0 Å². The average molecular weight is 346 g/mol. The molecule has 136 valence electrons. The van der Waals surface area contributed by atoms with Crippen LogP contribution in [0.25, 0.3) is 0 Å². The van der Waals surface area contributed by atoms with E-state index in [9.17, 15) is 9.59 Å². The second-order valence-corrected chi connectivity index (χ2v) is 6.37. The van der Waals surface area contributed by atoms with Crippen LogP contribution < -0.4 is 14.8 Å². The van der Waals surface area contributed by atoms with E-state index < -0.39 is 0 Å². The van der Waals surface area contributed by atoms with Crippen LogP contribution in [0.4, 0.5) is 0 Å². The number of methoxy groups -OCH3 is 2. The van der Waals surface area contributed by atoms with Crippen molar-refractivity contribution in [1.82, 2.24) is 10.2 Å². The molecular weight excluding hydrogens is 320 g/mol. The molecule has 0 unspecified atom stereocenters. The highest BCUT2D eigenvalue weighted by atomic mass is 16.5. The standard InChI is InChI=1S/C19H26N2O4/c1-13(2)11-18(22)20-15-7-9-21(10-8-15)19(23)14-5-6-16(24-3)17(12-14)25-4/h5-6,11-12,15H,7-10H2,1-4H3,(H,20,22). The van der Waals surface area contributed by atoms with E-state index >= 15 is 0 Å². The van der Waals surface area contributed by atoms with Crippen molar-refractivity contribution in [3.63, 3.8) is 0 Å². The molecule has 1 heterocycles. The molecule has 0 bridgehead atoms. The van der Waals surface area contributed by atoms with Crippen LogP contribution in [-0.4, -0.2) is 50.1 Å². The molecule has 1 aliphatic heterocycles. The number of piperidine rings is 1. The van der Waals surface area contributed by atoms with Crippen LogP contribution in [0, 0.1) is 0 Å². The Balaban J connectivity index is 1.95. The molecule has 0 saturated carbocycles. The van der Waals surface area contributed by atoms with Crippen LogP contribution in [0.15, 0.2) is 29.8 Å². The summed E-state index contributed by atoms with van der Waals surface area (Å²) in [6.45, 7) is 5.02. The highest BCUT2D eigenvalue weighted by Crippen LogP contribution is 2.28. The normalized spacial score (nSPS) is 14.6. The van der Waals surface area contributed by atoms with Gasteiger partial charge in [-0.15, -0.1) is 0 Å². The summed E-state index contributed by atoms with van der Waals surface area (Å²) >= 11 is 0. The molecule has 1 aromatic rings. The molecule has 2 rings (SSSR count). The first-order valence-corrected chi connectivity index (χ1v) is 8.41. The summed E-state index contributed by atoms with van der Waals surface area (Å²) < 4.78 is 10.5. The van der Waals surface area contributed by atoms with Gasteiger partial charge in [0.05, 0.1) is 14.2 Å². The minimum atomic E-state index is -0.0651. The molecular formula is C19H26N2O4. The van der Waals surface area contributed by atoms with Gasteiger partial charge in [0, 0.05) is 30.8 Å². The SMILES string of the molecule is COc1ccc(C(=O)N2CCC(NC(=O)C=C(C)C)CC2)cc1OC. The lowest BCUT2D eigenvalue weighted by atomic mass is 10.0. The molecule has 0 aliphatic carbocycles. The van der Waals surface area contributed by atoms with Crippen LogP contribution in [0.1, 0.15) is 37.0 Å². The fourth-order valence-corrected chi connectivity index (χ4v) is 2.88. The van der Waals surface area contributed by atoms with Crippen LogP contribution in [0.3, 0.4) is 0 Å². The van der Waals surface area contributed by atoms with Crippen molar-refractivity contribution < 1.29 is 19.1 Å². The van der Waals surface area contributed by atoms with E-state index in [0.717, 1.165) is 18.4 Å². The van der Waals surface area contributed by atoms with Gasteiger partial charge in [0.15, 0.2) is 11.5 Å². The van der Waals surface area contributed by atoms with Crippen molar-refractivity contribution in [3.8, 4) is 11.5 Å². The number of rotatable bonds is 5. The Kier molecular flexibility index (Phi) is 6.44. The number of hydrogen-bond acceptors (Lipinski definition) is 4. The third kappa shape index (κ3) is 4.98. The Morgan fingerprint density at radius 1 is 1.12 bits per heavy atom. The lowest BCUT2D eigenvalue weighted by molar-refractivity contribution is -0.117. The summed E-state index contributed by atoms with van der Waals surface area (Å²) in [5.74, 6) is 1.04. The first-order valence-electron chi connectivity index (χ1n) is 8.41. The van der Waals surface area contributed by atoms with Crippen molar-refractivity contribution in [2.24, 2.45) is 0 Å². The van der Waals surface area contributed by atoms with E-state index in [1.165, 1.54) is 0 Å². The molecule has 1 aliphatic rings. The average Bonchev–Trinajstić information content (AvgIpc) is 2.60. The van der Waals surface area contributed by atoms with E-state index in [1.54, 1.807) is 38.5 Å². The molecule has 25 heavy (non-hydrogen) atoms. The van der Waals surface area contributed by atoms with Gasteiger partial charge >= 0.3 is 0 Å². The van der Waals surface area contributed by atoms with Crippen molar-refractivity contribution in [2.75, 3.05) is 27.3 Å². The maximum absolute atomic E-state index is 12.7. The smallest absolute Gasteiger partial charge is 0.253 e. The zero-order chi connectivity index (χ0) is 18.4. The zero-order valence-corrected chi connectivity index (χ0v) is 15.3. The maximum atomic E-state index is 12.7. The van der Waals surface area contributed by atoms with Gasteiger partial charge in [-0.1, -0.05) is 5.57 Å². The van der Waals surface area contributed by atoms with Crippen molar-refractivity contribution in [1.29, 1.82) is 0 Å². The summed E-state index contributed by atoms with van der Waals surface area (Å²) in [6.07, 6.45) is 3.10. The van der Waals surface area contributed by atoms with E-state index in [2.05, 4.69) is 5.32 Å². The first-order chi connectivity index (χ1) is 11.9. The van der Waals surface area contributed by atoms with Gasteiger partial charge in [-0.05, 0) is 44.9 Å². The molecule has 1 fully saturated rings. The third-order valence-corrected chi connectivity index (χ3v) is 4.18. The summed E-state index contributed by atoms with van der Waals surface area (Å²) in [4.78, 5) is 26.3. The molecule has 1 saturated heterocycles. The van der Waals surface area contributed by atoms with Gasteiger partial charge in [0.1, 0.15) is 0 Å². The van der Waals surface area contributed by atoms with Crippen molar-refractivity contribution >= 4 is 11.8 Å². The molecule has 0 spiro atoms. The summed E-state index contributed by atoms with van der Waals surface area (Å²) in [5.41, 5.74) is 1.54. The van der Waals surface area contributed by atoms with Crippen molar-refractivity contribution in [2.45, 2.75) is 32.7 Å².